The van der Waals surface area contributed by atoms with Gasteiger partial charge in [0.2, 0.25) is 5.91 Å². The molecule has 2 amide bonds. The number of likely N-dealkylation sites (tertiary alicyclic amines) is 1. The van der Waals surface area contributed by atoms with Crippen molar-refractivity contribution >= 4 is 51.2 Å². The third kappa shape index (κ3) is 4.41. The van der Waals surface area contributed by atoms with E-state index in [1.54, 1.807) is 15.9 Å². The molecule has 0 aliphatic carbocycles. The molecule has 3 heterocycles. The Kier molecular flexibility index (Phi) is 8.22. The average Bonchev–Trinajstić information content (AvgIpc) is 3.41. The highest BCUT2D eigenvalue weighted by Gasteiger charge is 2.76. The van der Waals surface area contributed by atoms with E-state index in [9.17, 15) is 19.5 Å². The summed E-state index contributed by atoms with van der Waals surface area (Å²) in [6.45, 7) is 8.65. The van der Waals surface area contributed by atoms with Gasteiger partial charge in [-0.3, -0.25) is 14.4 Å². The topological polar surface area (TPSA) is 98.2 Å². The summed E-state index contributed by atoms with van der Waals surface area (Å²) in [5, 5.41) is 19.0. The lowest BCUT2D eigenvalue weighted by atomic mass is 9.71. The summed E-state index contributed by atoms with van der Waals surface area (Å²) in [6.07, 6.45) is 5.35. The van der Waals surface area contributed by atoms with Crippen molar-refractivity contribution in [2.75, 3.05) is 24.6 Å². The second kappa shape index (κ2) is 10.9. The van der Waals surface area contributed by atoms with Gasteiger partial charge in [0.05, 0.1) is 16.6 Å². The standard InChI is InChI=1S/C27H35BrN2O5S/c1-4-12-29(21-16(2)10-9-11-17(21)3)25(33)23-27-15-18(28)22(36-27)19(26(34)35)20(27)24(32)30(23)13-7-5-6-8-14-31/h4,9-11,18-20,22-23,31H,1,5-8,12-15H2,2-3H3,(H,34,35)/t18?,19-,20-,22-,23?,27?/m0/s1. The van der Waals surface area contributed by atoms with Gasteiger partial charge in [0, 0.05) is 35.5 Å². The summed E-state index contributed by atoms with van der Waals surface area (Å²) in [5.74, 6) is -2.88. The third-order valence-corrected chi connectivity index (χ3v) is 11.1. The molecule has 3 saturated heterocycles. The number of nitrogens with zero attached hydrogens (tertiary/aromatic N) is 2. The second-order valence-corrected chi connectivity index (χ2v) is 12.9. The fraction of sp³-hybridized carbons (Fsp3) is 0.593. The average molecular weight is 580 g/mol. The number of rotatable bonds is 11. The molecule has 7 nitrogen and oxygen atoms in total. The SMILES string of the molecule is C=CCN(C(=O)C1N(CCCCCCO)C(=O)[C@@H]2[C@H](C(=O)O)[C@H]3SC12CC3Br)c1c(C)cccc1C. The number of carboxylic acid groups (broad SMARTS) is 1. The minimum absolute atomic E-state index is 0.0690. The van der Waals surface area contributed by atoms with Crippen LogP contribution >= 0.6 is 27.7 Å². The van der Waals surface area contributed by atoms with E-state index < -0.39 is 28.6 Å². The summed E-state index contributed by atoms with van der Waals surface area (Å²) < 4.78 is -0.781. The van der Waals surface area contributed by atoms with Crippen LogP contribution in [0.2, 0.25) is 0 Å². The van der Waals surface area contributed by atoms with Crippen molar-refractivity contribution in [3.63, 3.8) is 0 Å². The molecule has 3 fully saturated rings. The minimum atomic E-state index is -0.967. The lowest BCUT2D eigenvalue weighted by molar-refractivity contribution is -0.148. The maximum absolute atomic E-state index is 14.5. The van der Waals surface area contributed by atoms with Crippen LogP contribution in [0.25, 0.3) is 0 Å². The number of anilines is 1. The van der Waals surface area contributed by atoms with Crippen molar-refractivity contribution in [3.8, 4) is 0 Å². The second-order valence-electron chi connectivity index (χ2n) is 10.1. The summed E-state index contributed by atoms with van der Waals surface area (Å²) >= 11 is 5.22. The van der Waals surface area contributed by atoms with Crippen LogP contribution in [0.4, 0.5) is 5.69 Å². The number of benzene rings is 1. The van der Waals surface area contributed by atoms with Crippen LogP contribution in [0.5, 0.6) is 0 Å². The minimum Gasteiger partial charge on any atom is -0.481 e. The Morgan fingerprint density at radius 2 is 1.92 bits per heavy atom. The Morgan fingerprint density at radius 3 is 2.53 bits per heavy atom. The van der Waals surface area contributed by atoms with E-state index in [-0.39, 0.29) is 28.5 Å². The number of amides is 2. The molecule has 0 aromatic heterocycles. The lowest BCUT2D eigenvalue weighted by Crippen LogP contribution is -2.55. The molecule has 2 bridgehead atoms. The largest absolute Gasteiger partial charge is 0.481 e. The number of carbonyl (C=O) groups excluding carboxylic acids is 2. The van der Waals surface area contributed by atoms with Crippen molar-refractivity contribution in [1.82, 2.24) is 4.90 Å². The number of fused-ring (bicyclic) bond motifs is 1. The van der Waals surface area contributed by atoms with Gasteiger partial charge in [0.25, 0.3) is 5.91 Å². The van der Waals surface area contributed by atoms with Gasteiger partial charge in [0.15, 0.2) is 0 Å². The van der Waals surface area contributed by atoms with E-state index in [0.29, 0.717) is 32.4 Å². The summed E-state index contributed by atoms with van der Waals surface area (Å²) in [7, 11) is 0. The normalized spacial score (nSPS) is 30.5. The maximum atomic E-state index is 14.5. The lowest BCUT2D eigenvalue weighted by Gasteiger charge is -2.38. The van der Waals surface area contributed by atoms with Gasteiger partial charge in [-0.2, -0.15) is 0 Å². The van der Waals surface area contributed by atoms with Crippen LogP contribution in [0.3, 0.4) is 0 Å². The monoisotopic (exact) mass is 578 g/mol. The summed E-state index contributed by atoms with van der Waals surface area (Å²) in [6, 6.07) is 5.15. The number of aliphatic hydroxyl groups excluding tert-OH is 1. The van der Waals surface area contributed by atoms with E-state index in [4.69, 9.17) is 5.11 Å². The molecular formula is C27H35BrN2O5S. The van der Waals surface area contributed by atoms with Gasteiger partial charge in [-0.05, 0) is 44.2 Å². The van der Waals surface area contributed by atoms with E-state index in [2.05, 4.69) is 22.5 Å². The van der Waals surface area contributed by atoms with Gasteiger partial charge in [-0.1, -0.05) is 53.0 Å². The van der Waals surface area contributed by atoms with Crippen LogP contribution in [-0.4, -0.2) is 73.5 Å². The van der Waals surface area contributed by atoms with E-state index in [0.717, 1.165) is 29.7 Å². The summed E-state index contributed by atoms with van der Waals surface area (Å²) in [4.78, 5) is 44.1. The Balaban J connectivity index is 1.76. The predicted octanol–water partition coefficient (Wildman–Crippen LogP) is 3.92. The zero-order valence-electron chi connectivity index (χ0n) is 20.9. The molecule has 4 rings (SSSR count). The molecule has 3 unspecified atom stereocenters. The molecule has 6 atom stereocenters. The first-order valence-electron chi connectivity index (χ1n) is 12.6. The zero-order chi connectivity index (χ0) is 26.2. The number of aliphatic carboxylic acids is 1. The number of aryl methyl sites for hydroxylation is 2. The molecule has 1 aromatic rings. The van der Waals surface area contributed by atoms with Gasteiger partial charge in [-0.15, -0.1) is 18.3 Å². The van der Waals surface area contributed by atoms with Gasteiger partial charge in [0.1, 0.15) is 6.04 Å². The molecule has 9 heteroatoms. The molecule has 1 spiro atoms. The van der Waals surface area contributed by atoms with Crippen molar-refractivity contribution in [1.29, 1.82) is 0 Å². The van der Waals surface area contributed by atoms with Crippen LogP contribution in [-0.2, 0) is 14.4 Å². The summed E-state index contributed by atoms with van der Waals surface area (Å²) in [5.41, 5.74) is 2.74. The first-order valence-corrected chi connectivity index (χ1v) is 14.4. The molecule has 36 heavy (non-hydrogen) atoms. The number of carboxylic acids is 1. The number of thioether (sulfide) groups is 1. The van der Waals surface area contributed by atoms with Gasteiger partial charge < -0.3 is 20.0 Å². The van der Waals surface area contributed by atoms with E-state index in [1.807, 2.05) is 32.0 Å². The number of carbonyl (C=O) groups is 3. The molecule has 1 aromatic carbocycles. The highest BCUT2D eigenvalue weighted by atomic mass is 79.9. The number of halogens is 1. The van der Waals surface area contributed by atoms with Crippen LogP contribution in [0, 0.1) is 25.7 Å². The quantitative estimate of drug-likeness (QED) is 0.234. The smallest absolute Gasteiger partial charge is 0.308 e. The van der Waals surface area contributed by atoms with Crippen LogP contribution < -0.4 is 4.90 Å². The molecule has 3 aliphatic rings. The Bertz CT molecular complexity index is 1030. The Labute approximate surface area is 225 Å². The molecular weight excluding hydrogens is 544 g/mol. The molecule has 0 saturated carbocycles. The highest BCUT2D eigenvalue weighted by molar-refractivity contribution is 9.09. The van der Waals surface area contributed by atoms with Crippen molar-refractivity contribution in [2.45, 2.75) is 66.8 Å². The molecule has 196 valence electrons. The highest BCUT2D eigenvalue weighted by Crippen LogP contribution is 2.67. The van der Waals surface area contributed by atoms with E-state index in [1.165, 1.54) is 11.8 Å². The van der Waals surface area contributed by atoms with Crippen molar-refractivity contribution in [2.24, 2.45) is 11.8 Å². The van der Waals surface area contributed by atoms with Gasteiger partial charge >= 0.3 is 5.97 Å². The first-order chi connectivity index (χ1) is 17.2. The fourth-order valence-corrected chi connectivity index (χ4v) is 10.1. The van der Waals surface area contributed by atoms with E-state index >= 15 is 0 Å². The molecule has 0 radical (unpaired) electrons. The Hall–Kier alpha value is -1.84. The van der Waals surface area contributed by atoms with Gasteiger partial charge in [-0.25, -0.2) is 0 Å². The zero-order valence-corrected chi connectivity index (χ0v) is 23.3. The number of aliphatic hydroxyl groups is 1. The van der Waals surface area contributed by atoms with Crippen LogP contribution in [0.1, 0.15) is 43.2 Å². The Morgan fingerprint density at radius 1 is 1.25 bits per heavy atom. The molecule has 3 aliphatic heterocycles. The number of hydrogen-bond acceptors (Lipinski definition) is 5. The number of hydrogen-bond donors (Lipinski definition) is 2. The number of para-hydroxylation sites is 1. The predicted molar refractivity (Wildman–Crippen MR) is 146 cm³/mol. The first kappa shape index (κ1) is 27.2. The third-order valence-electron chi connectivity index (χ3n) is 7.90. The van der Waals surface area contributed by atoms with Crippen LogP contribution in [0.15, 0.2) is 30.9 Å². The molecule has 2 N–H and O–H groups in total. The van der Waals surface area contributed by atoms with Crippen molar-refractivity contribution in [3.05, 3.63) is 42.0 Å². The number of alkyl halides is 1. The maximum Gasteiger partial charge on any atom is 0.308 e. The number of unbranched alkanes of at least 4 members (excludes halogenated alkanes) is 3. The van der Waals surface area contributed by atoms with Crippen molar-refractivity contribution < 1.29 is 24.6 Å². The fourth-order valence-electron chi connectivity index (χ4n) is 6.48.